The number of aromatic nitrogens is 3. The molecule has 138 valence electrons. The summed E-state index contributed by atoms with van der Waals surface area (Å²) in [5.41, 5.74) is 4.83. The average Bonchev–Trinajstić information content (AvgIpc) is 2.77. The van der Waals surface area contributed by atoms with Crippen LogP contribution in [0.4, 0.5) is 0 Å². The summed E-state index contributed by atoms with van der Waals surface area (Å²) in [6, 6.07) is 29.3. The number of para-hydroxylation sites is 3. The summed E-state index contributed by atoms with van der Waals surface area (Å²) >= 11 is 0. The van der Waals surface area contributed by atoms with Crippen LogP contribution >= 0.6 is 0 Å². The molecule has 0 saturated carbocycles. The Kier molecular flexibility index (Phi) is 4.22. The molecule has 0 amide bonds. The number of H-pyrrole nitrogens is 1. The van der Waals surface area contributed by atoms with Crippen LogP contribution < -0.4 is 5.56 Å². The van der Waals surface area contributed by atoms with E-state index in [2.05, 4.69) is 9.97 Å². The monoisotopic (exact) mass is 375 g/mol. The van der Waals surface area contributed by atoms with Gasteiger partial charge in [-0.15, -0.1) is 0 Å². The second kappa shape index (κ2) is 7.17. The van der Waals surface area contributed by atoms with Gasteiger partial charge in [0.15, 0.2) is 0 Å². The van der Waals surface area contributed by atoms with Crippen molar-refractivity contribution in [3.8, 4) is 0 Å². The number of hydrogen-bond acceptors (Lipinski definition) is 3. The minimum absolute atomic E-state index is 0.235. The number of hydrogen-bond donors (Lipinski definition) is 1. The van der Waals surface area contributed by atoms with Crippen LogP contribution in [0.15, 0.2) is 95.8 Å². The Morgan fingerprint density at radius 2 is 1.45 bits per heavy atom. The molecule has 0 radical (unpaired) electrons. The van der Waals surface area contributed by atoms with Gasteiger partial charge in [0, 0.05) is 11.0 Å². The number of rotatable bonds is 3. The van der Waals surface area contributed by atoms with E-state index in [0.29, 0.717) is 22.5 Å². The lowest BCUT2D eigenvalue weighted by molar-refractivity contribution is 1.17. The third-order valence-electron chi connectivity index (χ3n) is 4.84. The maximum absolute atomic E-state index is 12.9. The molecule has 0 atom stereocenters. The summed E-state index contributed by atoms with van der Waals surface area (Å²) in [6.07, 6.45) is 1.96. The summed E-state index contributed by atoms with van der Waals surface area (Å²) in [4.78, 5) is 25.3. The first-order valence-corrected chi connectivity index (χ1v) is 9.40. The molecule has 0 aliphatic carbocycles. The Morgan fingerprint density at radius 1 is 0.724 bits per heavy atom. The van der Waals surface area contributed by atoms with Crippen LogP contribution in [0.1, 0.15) is 17.0 Å². The van der Waals surface area contributed by atoms with Crippen molar-refractivity contribution in [1.82, 2.24) is 15.0 Å². The molecule has 5 aromatic rings. The number of fused-ring (bicyclic) bond motifs is 2. The number of benzene rings is 3. The molecule has 3 aromatic carbocycles. The first-order chi connectivity index (χ1) is 14.3. The predicted octanol–water partition coefficient (Wildman–Crippen LogP) is 5.06. The molecule has 0 bridgehead atoms. The minimum Gasteiger partial charge on any atom is -0.319 e. The van der Waals surface area contributed by atoms with Gasteiger partial charge in [-0.3, -0.25) is 4.79 Å². The maximum Gasteiger partial charge on any atom is 0.275 e. The highest BCUT2D eigenvalue weighted by Gasteiger charge is 2.14. The second-order valence-corrected chi connectivity index (χ2v) is 6.79. The molecule has 4 heteroatoms. The second-order valence-electron chi connectivity index (χ2n) is 6.79. The van der Waals surface area contributed by atoms with Gasteiger partial charge in [0.2, 0.25) is 0 Å². The SMILES string of the molecule is O=c1[nH]c2ccccc2nc1C(=Cc1ccccc1)c1ccc2ccccc2n1. The molecule has 5 rings (SSSR count). The van der Waals surface area contributed by atoms with Gasteiger partial charge in [-0.1, -0.05) is 66.7 Å². The molecule has 4 nitrogen and oxygen atoms in total. The zero-order valence-corrected chi connectivity index (χ0v) is 15.5. The van der Waals surface area contributed by atoms with Crippen molar-refractivity contribution in [2.45, 2.75) is 0 Å². The topological polar surface area (TPSA) is 58.6 Å². The van der Waals surface area contributed by atoms with Crippen molar-refractivity contribution in [3.05, 3.63) is 118 Å². The van der Waals surface area contributed by atoms with Crippen LogP contribution in [-0.2, 0) is 0 Å². The van der Waals surface area contributed by atoms with Crippen LogP contribution in [0.2, 0.25) is 0 Å². The van der Waals surface area contributed by atoms with E-state index in [1.807, 2.05) is 97.1 Å². The maximum atomic E-state index is 12.9. The highest BCUT2D eigenvalue weighted by Crippen LogP contribution is 2.24. The van der Waals surface area contributed by atoms with Crippen LogP contribution in [0.3, 0.4) is 0 Å². The molecule has 0 spiro atoms. The number of nitrogens with one attached hydrogen (secondary N) is 1. The molecule has 29 heavy (non-hydrogen) atoms. The van der Waals surface area contributed by atoms with Gasteiger partial charge in [-0.2, -0.15) is 0 Å². The van der Waals surface area contributed by atoms with E-state index in [1.54, 1.807) is 0 Å². The first kappa shape index (κ1) is 17.1. The highest BCUT2D eigenvalue weighted by molar-refractivity contribution is 5.92. The van der Waals surface area contributed by atoms with Gasteiger partial charge in [-0.05, 0) is 35.9 Å². The van der Waals surface area contributed by atoms with Crippen LogP contribution in [0, 0.1) is 0 Å². The Hall–Kier alpha value is -4.05. The quantitative estimate of drug-likeness (QED) is 0.479. The van der Waals surface area contributed by atoms with Crippen molar-refractivity contribution in [3.63, 3.8) is 0 Å². The van der Waals surface area contributed by atoms with Crippen molar-refractivity contribution >= 4 is 33.6 Å². The van der Waals surface area contributed by atoms with Crippen molar-refractivity contribution < 1.29 is 0 Å². The smallest absolute Gasteiger partial charge is 0.275 e. The predicted molar refractivity (Wildman–Crippen MR) is 118 cm³/mol. The lowest BCUT2D eigenvalue weighted by Gasteiger charge is -2.09. The largest absolute Gasteiger partial charge is 0.319 e. The van der Waals surface area contributed by atoms with Gasteiger partial charge >= 0.3 is 0 Å². The normalized spacial score (nSPS) is 11.8. The van der Waals surface area contributed by atoms with E-state index in [0.717, 1.165) is 22.0 Å². The molecule has 0 fully saturated rings. The lowest BCUT2D eigenvalue weighted by Crippen LogP contribution is -2.15. The number of pyridine rings is 1. The molecule has 1 N–H and O–H groups in total. The van der Waals surface area contributed by atoms with Crippen LogP contribution in [0.5, 0.6) is 0 Å². The molecule has 0 unspecified atom stereocenters. The standard InChI is InChI=1S/C25H17N3O/c29-25-24(27-22-12-6-7-13-23(22)28-25)19(16-17-8-2-1-3-9-17)21-15-14-18-10-4-5-11-20(18)26-21/h1-16H,(H,28,29). The molecule has 0 aliphatic rings. The summed E-state index contributed by atoms with van der Waals surface area (Å²) < 4.78 is 0. The van der Waals surface area contributed by atoms with Crippen LogP contribution in [-0.4, -0.2) is 15.0 Å². The van der Waals surface area contributed by atoms with Crippen molar-refractivity contribution in [2.75, 3.05) is 0 Å². The van der Waals surface area contributed by atoms with Crippen LogP contribution in [0.25, 0.3) is 33.6 Å². The molecule has 0 saturated heterocycles. The van der Waals surface area contributed by atoms with Gasteiger partial charge in [0.25, 0.3) is 5.56 Å². The van der Waals surface area contributed by atoms with Gasteiger partial charge < -0.3 is 4.98 Å². The minimum atomic E-state index is -0.235. The summed E-state index contributed by atoms with van der Waals surface area (Å²) in [5.74, 6) is 0. The van der Waals surface area contributed by atoms with E-state index < -0.39 is 0 Å². The van der Waals surface area contributed by atoms with Gasteiger partial charge in [0.05, 0.1) is 22.2 Å². The number of nitrogens with zero attached hydrogens (tertiary/aromatic N) is 2. The molecular formula is C25H17N3O. The van der Waals surface area contributed by atoms with Crippen molar-refractivity contribution in [1.29, 1.82) is 0 Å². The summed E-state index contributed by atoms with van der Waals surface area (Å²) in [7, 11) is 0. The fraction of sp³-hybridized carbons (Fsp3) is 0. The Morgan fingerprint density at radius 3 is 2.31 bits per heavy atom. The van der Waals surface area contributed by atoms with Gasteiger partial charge in [-0.25, -0.2) is 9.97 Å². The Bertz CT molecular complexity index is 1420. The number of aromatic amines is 1. The first-order valence-electron chi connectivity index (χ1n) is 9.40. The van der Waals surface area contributed by atoms with Gasteiger partial charge in [0.1, 0.15) is 5.69 Å². The highest BCUT2D eigenvalue weighted by atomic mass is 16.1. The zero-order chi connectivity index (χ0) is 19.6. The van der Waals surface area contributed by atoms with E-state index >= 15 is 0 Å². The molecule has 0 aliphatic heterocycles. The fourth-order valence-corrected chi connectivity index (χ4v) is 3.41. The average molecular weight is 375 g/mol. The van der Waals surface area contributed by atoms with Crippen molar-refractivity contribution in [2.24, 2.45) is 0 Å². The fourth-order valence-electron chi connectivity index (χ4n) is 3.41. The zero-order valence-electron chi connectivity index (χ0n) is 15.5. The molecular weight excluding hydrogens is 358 g/mol. The molecule has 2 heterocycles. The van der Waals surface area contributed by atoms with E-state index in [4.69, 9.17) is 4.98 Å². The van der Waals surface area contributed by atoms with E-state index in [1.165, 1.54) is 0 Å². The molecule has 2 aromatic heterocycles. The van der Waals surface area contributed by atoms with E-state index in [9.17, 15) is 4.79 Å². The summed E-state index contributed by atoms with van der Waals surface area (Å²) in [5, 5.41) is 1.05. The lowest BCUT2D eigenvalue weighted by atomic mass is 10.0. The third-order valence-corrected chi connectivity index (χ3v) is 4.84. The summed E-state index contributed by atoms with van der Waals surface area (Å²) in [6.45, 7) is 0. The Balaban J connectivity index is 1.78. The Labute approximate surface area is 167 Å². The third kappa shape index (κ3) is 3.32. The van der Waals surface area contributed by atoms with E-state index in [-0.39, 0.29) is 5.56 Å².